The van der Waals surface area contributed by atoms with E-state index in [-0.39, 0.29) is 11.5 Å². The van der Waals surface area contributed by atoms with Gasteiger partial charge < -0.3 is 14.8 Å². The summed E-state index contributed by atoms with van der Waals surface area (Å²) in [5.74, 6) is 0. The molecule has 1 aromatic heterocycles. The quantitative estimate of drug-likeness (QED) is 0.749. The first-order valence-electron chi connectivity index (χ1n) is 6.96. The highest BCUT2D eigenvalue weighted by atomic mass is 16.5. The molecule has 2 heterocycles. The normalized spacial score (nSPS) is 27.0. The summed E-state index contributed by atoms with van der Waals surface area (Å²) in [6, 6.07) is 2.10. The maximum absolute atomic E-state index is 5.80. The minimum atomic E-state index is 0.155. The fraction of sp³-hybridized carbons (Fsp3) is 0.786. The summed E-state index contributed by atoms with van der Waals surface area (Å²) in [4.78, 5) is 0. The Morgan fingerprint density at radius 3 is 3.05 bits per heavy atom. The SMILES string of the molecule is COCCNCC1(Cc2ccn(C)n2)CCOC1C. The predicted molar refractivity (Wildman–Crippen MR) is 74.1 cm³/mol. The molecule has 1 saturated heterocycles. The Kier molecular flexibility index (Phi) is 4.96. The molecule has 108 valence electrons. The van der Waals surface area contributed by atoms with Crippen molar-refractivity contribution in [1.29, 1.82) is 0 Å². The zero-order valence-corrected chi connectivity index (χ0v) is 12.2. The molecule has 1 aliphatic rings. The molecule has 0 bridgehead atoms. The zero-order chi connectivity index (χ0) is 13.7. The molecule has 5 nitrogen and oxygen atoms in total. The lowest BCUT2D eigenvalue weighted by molar-refractivity contribution is 0.0614. The van der Waals surface area contributed by atoms with Crippen molar-refractivity contribution in [3.8, 4) is 0 Å². The Labute approximate surface area is 115 Å². The van der Waals surface area contributed by atoms with E-state index in [9.17, 15) is 0 Å². The van der Waals surface area contributed by atoms with E-state index in [4.69, 9.17) is 9.47 Å². The molecule has 0 aromatic carbocycles. The maximum atomic E-state index is 5.80. The second kappa shape index (κ2) is 6.50. The zero-order valence-electron chi connectivity index (χ0n) is 12.2. The Bertz CT molecular complexity index is 394. The number of methoxy groups -OCH3 is 1. The van der Waals surface area contributed by atoms with Gasteiger partial charge >= 0.3 is 0 Å². The Balaban J connectivity index is 1.98. The summed E-state index contributed by atoms with van der Waals surface area (Å²) in [5.41, 5.74) is 1.30. The number of rotatable bonds is 7. The van der Waals surface area contributed by atoms with Gasteiger partial charge in [-0.15, -0.1) is 0 Å². The molecule has 5 heteroatoms. The highest BCUT2D eigenvalue weighted by molar-refractivity contribution is 5.06. The Morgan fingerprint density at radius 1 is 1.63 bits per heavy atom. The molecule has 2 atom stereocenters. The monoisotopic (exact) mass is 267 g/mol. The standard InChI is InChI=1S/C14H25N3O2/c1-12-14(5-8-19-12,11-15-6-9-18-3)10-13-4-7-17(2)16-13/h4,7,12,15H,5-6,8-11H2,1-3H3. The van der Waals surface area contributed by atoms with Crippen LogP contribution in [-0.2, 0) is 22.9 Å². The molecular formula is C14H25N3O2. The van der Waals surface area contributed by atoms with Crippen LogP contribution in [0.5, 0.6) is 0 Å². The van der Waals surface area contributed by atoms with Gasteiger partial charge in [0.05, 0.1) is 18.4 Å². The van der Waals surface area contributed by atoms with E-state index >= 15 is 0 Å². The van der Waals surface area contributed by atoms with Gasteiger partial charge in [0.1, 0.15) is 0 Å². The number of hydrogen-bond donors (Lipinski definition) is 1. The average molecular weight is 267 g/mol. The van der Waals surface area contributed by atoms with Crippen LogP contribution in [0.1, 0.15) is 19.0 Å². The van der Waals surface area contributed by atoms with Gasteiger partial charge in [-0.05, 0) is 19.4 Å². The fourth-order valence-electron chi connectivity index (χ4n) is 2.78. The number of nitrogens with zero attached hydrogens (tertiary/aromatic N) is 2. The van der Waals surface area contributed by atoms with Gasteiger partial charge in [0.25, 0.3) is 0 Å². The van der Waals surface area contributed by atoms with Crippen molar-refractivity contribution in [3.63, 3.8) is 0 Å². The molecule has 0 radical (unpaired) electrons. The van der Waals surface area contributed by atoms with Crippen LogP contribution in [0.3, 0.4) is 0 Å². The third-order valence-electron chi connectivity index (χ3n) is 4.09. The van der Waals surface area contributed by atoms with E-state index in [1.165, 1.54) is 0 Å². The second-order valence-electron chi connectivity index (χ2n) is 5.45. The summed E-state index contributed by atoms with van der Waals surface area (Å²) in [6.07, 6.45) is 4.33. The summed E-state index contributed by atoms with van der Waals surface area (Å²) in [6.45, 7) is 5.60. The van der Waals surface area contributed by atoms with Crippen molar-refractivity contribution < 1.29 is 9.47 Å². The largest absolute Gasteiger partial charge is 0.383 e. The van der Waals surface area contributed by atoms with Gasteiger partial charge in [0.2, 0.25) is 0 Å². The van der Waals surface area contributed by atoms with Gasteiger partial charge in [-0.1, -0.05) is 0 Å². The summed E-state index contributed by atoms with van der Waals surface area (Å²) in [5, 5.41) is 7.99. The van der Waals surface area contributed by atoms with E-state index in [1.54, 1.807) is 7.11 Å². The van der Waals surface area contributed by atoms with E-state index < -0.39 is 0 Å². The summed E-state index contributed by atoms with van der Waals surface area (Å²) >= 11 is 0. The fourth-order valence-corrected chi connectivity index (χ4v) is 2.78. The van der Waals surface area contributed by atoms with Crippen molar-refractivity contribution in [2.75, 3.05) is 33.4 Å². The molecule has 1 aromatic rings. The van der Waals surface area contributed by atoms with E-state index in [0.717, 1.165) is 44.8 Å². The first-order valence-corrected chi connectivity index (χ1v) is 6.96. The van der Waals surface area contributed by atoms with E-state index in [2.05, 4.69) is 23.4 Å². The summed E-state index contributed by atoms with van der Waals surface area (Å²) in [7, 11) is 3.69. The van der Waals surface area contributed by atoms with Crippen LogP contribution in [0.2, 0.25) is 0 Å². The van der Waals surface area contributed by atoms with Gasteiger partial charge in [0, 0.05) is 51.9 Å². The van der Waals surface area contributed by atoms with Crippen molar-refractivity contribution in [2.45, 2.75) is 25.9 Å². The maximum Gasteiger partial charge on any atom is 0.0631 e. The van der Waals surface area contributed by atoms with Crippen LogP contribution in [0.4, 0.5) is 0 Å². The Morgan fingerprint density at radius 2 is 2.47 bits per heavy atom. The van der Waals surface area contributed by atoms with Crippen LogP contribution in [-0.4, -0.2) is 49.3 Å². The van der Waals surface area contributed by atoms with Gasteiger partial charge in [0.15, 0.2) is 0 Å². The summed E-state index contributed by atoms with van der Waals surface area (Å²) < 4.78 is 12.7. The molecule has 1 aliphatic heterocycles. The highest BCUT2D eigenvalue weighted by Gasteiger charge is 2.41. The molecule has 19 heavy (non-hydrogen) atoms. The van der Waals surface area contributed by atoms with Crippen LogP contribution >= 0.6 is 0 Å². The molecule has 1 fully saturated rings. The van der Waals surface area contributed by atoms with Crippen LogP contribution < -0.4 is 5.32 Å². The van der Waals surface area contributed by atoms with E-state index in [0.29, 0.717) is 0 Å². The lowest BCUT2D eigenvalue weighted by atomic mass is 9.77. The lowest BCUT2D eigenvalue weighted by Gasteiger charge is -2.32. The van der Waals surface area contributed by atoms with Gasteiger partial charge in [-0.3, -0.25) is 4.68 Å². The van der Waals surface area contributed by atoms with Crippen molar-refractivity contribution in [1.82, 2.24) is 15.1 Å². The number of nitrogens with one attached hydrogen (secondary N) is 1. The molecular weight excluding hydrogens is 242 g/mol. The number of aromatic nitrogens is 2. The predicted octanol–water partition coefficient (Wildman–Crippen LogP) is 0.994. The number of hydrogen-bond acceptors (Lipinski definition) is 4. The third-order valence-corrected chi connectivity index (χ3v) is 4.09. The average Bonchev–Trinajstić information content (AvgIpc) is 2.94. The molecule has 0 amide bonds. The topological polar surface area (TPSA) is 48.3 Å². The van der Waals surface area contributed by atoms with Crippen LogP contribution in [0.15, 0.2) is 12.3 Å². The second-order valence-corrected chi connectivity index (χ2v) is 5.45. The van der Waals surface area contributed by atoms with Crippen LogP contribution in [0.25, 0.3) is 0 Å². The molecule has 2 unspecified atom stereocenters. The molecule has 0 aliphatic carbocycles. The Hall–Kier alpha value is -0.910. The minimum Gasteiger partial charge on any atom is -0.383 e. The minimum absolute atomic E-state index is 0.155. The smallest absolute Gasteiger partial charge is 0.0631 e. The van der Waals surface area contributed by atoms with Crippen molar-refractivity contribution in [2.24, 2.45) is 12.5 Å². The molecule has 0 saturated carbocycles. The third kappa shape index (κ3) is 3.55. The van der Waals surface area contributed by atoms with Crippen LogP contribution in [0, 0.1) is 5.41 Å². The van der Waals surface area contributed by atoms with Gasteiger partial charge in [-0.25, -0.2) is 0 Å². The molecule has 0 spiro atoms. The van der Waals surface area contributed by atoms with Crippen molar-refractivity contribution >= 4 is 0 Å². The van der Waals surface area contributed by atoms with Gasteiger partial charge in [-0.2, -0.15) is 5.10 Å². The highest BCUT2D eigenvalue weighted by Crippen LogP contribution is 2.37. The lowest BCUT2D eigenvalue weighted by Crippen LogP contribution is -2.42. The first-order chi connectivity index (χ1) is 9.16. The van der Waals surface area contributed by atoms with E-state index in [1.807, 2.05) is 17.9 Å². The first kappa shape index (κ1) is 14.5. The molecule has 1 N–H and O–H groups in total. The molecule has 2 rings (SSSR count). The number of ether oxygens (including phenoxy) is 2. The van der Waals surface area contributed by atoms with Crippen molar-refractivity contribution in [3.05, 3.63) is 18.0 Å². The number of aryl methyl sites for hydroxylation is 1.